The predicted octanol–water partition coefficient (Wildman–Crippen LogP) is 3.29. The van der Waals surface area contributed by atoms with Crippen LogP contribution in [-0.2, 0) is 4.79 Å². The van der Waals surface area contributed by atoms with Gasteiger partial charge in [-0.2, -0.15) is 5.26 Å². The first-order valence-electron chi connectivity index (χ1n) is 12.9. The molecule has 1 saturated heterocycles. The van der Waals surface area contributed by atoms with Crippen LogP contribution in [0.2, 0.25) is 0 Å². The minimum absolute atomic E-state index is 0.150. The van der Waals surface area contributed by atoms with E-state index in [1.165, 1.54) is 12.1 Å². The SMILES string of the molecule is N#CC1CN(C(=O)[C@H](CCCN[C@@H]2C[C@H]2c2ccc(F)cc2)NC(=O)c2ccc(-c3ncccn3)cc2)C1. The van der Waals surface area contributed by atoms with Crippen LogP contribution in [0.4, 0.5) is 4.39 Å². The Kier molecular flexibility index (Phi) is 7.70. The van der Waals surface area contributed by atoms with Gasteiger partial charge >= 0.3 is 0 Å². The Morgan fingerprint density at radius 3 is 2.47 bits per heavy atom. The molecule has 8 nitrogen and oxygen atoms in total. The lowest BCUT2D eigenvalue weighted by molar-refractivity contribution is -0.138. The zero-order chi connectivity index (χ0) is 26.5. The number of carbonyl (C=O) groups is 2. The van der Waals surface area contributed by atoms with E-state index in [2.05, 4.69) is 26.7 Å². The first-order valence-corrected chi connectivity index (χ1v) is 12.9. The van der Waals surface area contributed by atoms with E-state index in [0.29, 0.717) is 55.8 Å². The molecule has 2 fully saturated rings. The number of benzene rings is 2. The van der Waals surface area contributed by atoms with Gasteiger partial charge in [0.1, 0.15) is 11.9 Å². The average Bonchev–Trinajstić information content (AvgIpc) is 3.70. The van der Waals surface area contributed by atoms with E-state index in [1.807, 2.05) is 12.1 Å². The highest BCUT2D eigenvalue weighted by molar-refractivity contribution is 5.98. The van der Waals surface area contributed by atoms with Crippen molar-refractivity contribution in [2.24, 2.45) is 5.92 Å². The number of aromatic nitrogens is 2. The van der Waals surface area contributed by atoms with Crippen molar-refractivity contribution in [3.05, 3.63) is 83.9 Å². The number of hydrogen-bond donors (Lipinski definition) is 2. The molecule has 3 atom stereocenters. The van der Waals surface area contributed by atoms with E-state index in [-0.39, 0.29) is 23.5 Å². The molecule has 5 rings (SSSR count). The summed E-state index contributed by atoms with van der Waals surface area (Å²) >= 11 is 0. The molecule has 2 amide bonds. The molecule has 194 valence electrons. The summed E-state index contributed by atoms with van der Waals surface area (Å²) in [5.74, 6) is 0.0785. The number of nitriles is 1. The van der Waals surface area contributed by atoms with Crippen molar-refractivity contribution in [3.8, 4) is 17.5 Å². The van der Waals surface area contributed by atoms with Crippen molar-refractivity contribution >= 4 is 11.8 Å². The second kappa shape index (κ2) is 11.5. The van der Waals surface area contributed by atoms with Gasteiger partial charge in [-0.1, -0.05) is 24.3 Å². The highest BCUT2D eigenvalue weighted by Crippen LogP contribution is 2.40. The van der Waals surface area contributed by atoms with Gasteiger partial charge < -0.3 is 15.5 Å². The average molecular weight is 513 g/mol. The van der Waals surface area contributed by atoms with Crippen LogP contribution in [-0.4, -0.2) is 58.4 Å². The molecule has 38 heavy (non-hydrogen) atoms. The van der Waals surface area contributed by atoms with Gasteiger partial charge in [-0.3, -0.25) is 9.59 Å². The zero-order valence-corrected chi connectivity index (χ0v) is 20.9. The number of carbonyl (C=O) groups excluding carboxylic acids is 2. The summed E-state index contributed by atoms with van der Waals surface area (Å²) < 4.78 is 13.2. The summed E-state index contributed by atoms with van der Waals surface area (Å²) in [7, 11) is 0. The summed E-state index contributed by atoms with van der Waals surface area (Å²) in [5, 5.41) is 15.5. The predicted molar refractivity (Wildman–Crippen MR) is 139 cm³/mol. The smallest absolute Gasteiger partial charge is 0.251 e. The van der Waals surface area contributed by atoms with Crippen LogP contribution in [0.15, 0.2) is 67.0 Å². The molecule has 3 aromatic rings. The molecule has 0 radical (unpaired) electrons. The molecule has 1 saturated carbocycles. The van der Waals surface area contributed by atoms with Gasteiger partial charge in [0.05, 0.1) is 12.0 Å². The number of rotatable bonds is 10. The Morgan fingerprint density at radius 2 is 1.79 bits per heavy atom. The molecule has 1 aliphatic carbocycles. The van der Waals surface area contributed by atoms with Crippen molar-refractivity contribution in [1.82, 2.24) is 25.5 Å². The Labute approximate surface area is 220 Å². The molecular weight excluding hydrogens is 483 g/mol. The van der Waals surface area contributed by atoms with Crippen LogP contribution in [0.25, 0.3) is 11.4 Å². The highest BCUT2D eigenvalue weighted by atomic mass is 19.1. The molecule has 2 aliphatic rings. The maximum atomic E-state index is 13.2. The van der Waals surface area contributed by atoms with E-state index < -0.39 is 6.04 Å². The van der Waals surface area contributed by atoms with Gasteiger partial charge in [-0.05, 0) is 61.7 Å². The molecule has 1 aromatic heterocycles. The number of halogens is 1. The van der Waals surface area contributed by atoms with E-state index in [0.717, 1.165) is 17.5 Å². The lowest BCUT2D eigenvalue weighted by atomic mass is 9.99. The third-order valence-electron chi connectivity index (χ3n) is 7.11. The van der Waals surface area contributed by atoms with Gasteiger partial charge in [-0.25, -0.2) is 14.4 Å². The fraction of sp³-hybridized carbons (Fsp3) is 0.345. The summed E-state index contributed by atoms with van der Waals surface area (Å²) in [4.78, 5) is 36.2. The van der Waals surface area contributed by atoms with Gasteiger partial charge in [-0.15, -0.1) is 0 Å². The molecule has 2 aromatic carbocycles. The number of hydrogen-bond acceptors (Lipinski definition) is 6. The summed E-state index contributed by atoms with van der Waals surface area (Å²) in [6.45, 7) is 1.49. The highest BCUT2D eigenvalue weighted by Gasteiger charge is 2.38. The first-order chi connectivity index (χ1) is 18.5. The number of nitrogens with zero attached hydrogens (tertiary/aromatic N) is 4. The van der Waals surface area contributed by atoms with E-state index >= 15 is 0 Å². The Morgan fingerprint density at radius 1 is 1.08 bits per heavy atom. The van der Waals surface area contributed by atoms with Crippen LogP contribution in [0, 0.1) is 23.1 Å². The quantitative estimate of drug-likeness (QED) is 0.404. The van der Waals surface area contributed by atoms with Gasteiger partial charge in [0.2, 0.25) is 5.91 Å². The first kappa shape index (κ1) is 25.5. The Balaban J connectivity index is 1.16. The Bertz CT molecular complexity index is 1300. The van der Waals surface area contributed by atoms with Crippen molar-refractivity contribution < 1.29 is 14.0 Å². The van der Waals surface area contributed by atoms with Crippen molar-refractivity contribution in [2.75, 3.05) is 19.6 Å². The third-order valence-corrected chi connectivity index (χ3v) is 7.11. The van der Waals surface area contributed by atoms with E-state index in [1.54, 1.807) is 47.6 Å². The number of likely N-dealkylation sites (tertiary alicyclic amines) is 1. The number of amides is 2. The topological polar surface area (TPSA) is 111 Å². The second-order valence-corrected chi connectivity index (χ2v) is 9.84. The fourth-order valence-corrected chi connectivity index (χ4v) is 4.77. The standard InChI is InChI=1S/C29H29FN6O2/c30-23-10-8-20(9-11-23)24-15-26(24)32-12-1-3-25(29(38)36-17-19(16-31)18-36)35-28(37)22-6-4-21(5-7-22)27-33-13-2-14-34-27/h2,4-11,13-14,19,24-26,32H,1,3,12,15,17-18H2,(H,35,37)/t24-,25-,26+/m0/s1. The maximum Gasteiger partial charge on any atom is 0.251 e. The largest absolute Gasteiger partial charge is 0.340 e. The van der Waals surface area contributed by atoms with Gasteiger partial charge in [0.15, 0.2) is 5.82 Å². The van der Waals surface area contributed by atoms with Crippen LogP contribution in [0.1, 0.15) is 41.1 Å². The van der Waals surface area contributed by atoms with E-state index in [9.17, 15) is 14.0 Å². The summed E-state index contributed by atoms with van der Waals surface area (Å²) in [6.07, 6.45) is 5.50. The second-order valence-electron chi connectivity index (χ2n) is 9.84. The molecule has 2 heterocycles. The maximum absolute atomic E-state index is 13.2. The van der Waals surface area contributed by atoms with E-state index in [4.69, 9.17) is 5.26 Å². The normalized spacial score (nSPS) is 19.2. The molecule has 9 heteroatoms. The third kappa shape index (κ3) is 6.03. The minimum Gasteiger partial charge on any atom is -0.340 e. The van der Waals surface area contributed by atoms with Crippen LogP contribution >= 0.6 is 0 Å². The minimum atomic E-state index is -0.673. The van der Waals surface area contributed by atoms with Crippen LogP contribution in [0.5, 0.6) is 0 Å². The van der Waals surface area contributed by atoms with Crippen LogP contribution < -0.4 is 10.6 Å². The summed E-state index contributed by atoms with van der Waals surface area (Å²) in [6, 6.07) is 17.2. The van der Waals surface area contributed by atoms with Crippen LogP contribution in [0.3, 0.4) is 0 Å². The van der Waals surface area contributed by atoms with Crippen molar-refractivity contribution in [3.63, 3.8) is 0 Å². The lowest BCUT2D eigenvalue weighted by Crippen LogP contribution is -2.56. The number of nitrogens with one attached hydrogen (secondary N) is 2. The fourth-order valence-electron chi connectivity index (χ4n) is 4.77. The molecule has 0 spiro atoms. The zero-order valence-electron chi connectivity index (χ0n) is 20.9. The Hall–Kier alpha value is -4.16. The molecule has 0 unspecified atom stereocenters. The molecule has 2 N–H and O–H groups in total. The monoisotopic (exact) mass is 512 g/mol. The molecule has 1 aliphatic heterocycles. The molecule has 0 bridgehead atoms. The van der Waals surface area contributed by atoms with Crippen molar-refractivity contribution in [1.29, 1.82) is 5.26 Å². The van der Waals surface area contributed by atoms with Crippen molar-refractivity contribution in [2.45, 2.75) is 37.3 Å². The van der Waals surface area contributed by atoms with Gasteiger partial charge in [0, 0.05) is 48.6 Å². The molecular formula is C29H29FN6O2. The summed E-state index contributed by atoms with van der Waals surface area (Å²) in [5.41, 5.74) is 2.36. The lowest BCUT2D eigenvalue weighted by Gasteiger charge is -2.37. The van der Waals surface area contributed by atoms with Gasteiger partial charge in [0.25, 0.3) is 5.91 Å².